The number of rotatable bonds is 9. The van der Waals surface area contributed by atoms with E-state index in [-0.39, 0.29) is 0 Å². The molecular weight excluding hydrogens is 286 g/mol. The second kappa shape index (κ2) is 9.58. The lowest BCUT2D eigenvalue weighted by Crippen LogP contribution is -1.99. The highest BCUT2D eigenvalue weighted by atomic mass is 16.5. The van der Waals surface area contributed by atoms with Crippen molar-refractivity contribution in [3.05, 3.63) is 42.2 Å². The van der Waals surface area contributed by atoms with E-state index in [1.165, 1.54) is 32.1 Å². The first-order chi connectivity index (χ1) is 11.3. The molecule has 0 N–H and O–H groups in total. The van der Waals surface area contributed by atoms with Crippen molar-refractivity contribution in [3.8, 4) is 23.2 Å². The minimum Gasteiger partial charge on any atom is -0.490 e. The largest absolute Gasteiger partial charge is 0.490 e. The van der Waals surface area contributed by atoms with E-state index < -0.39 is 0 Å². The third-order valence-corrected chi connectivity index (χ3v) is 3.67. The van der Waals surface area contributed by atoms with Gasteiger partial charge in [-0.25, -0.2) is 9.97 Å². The Morgan fingerprint density at radius 1 is 0.957 bits per heavy atom. The van der Waals surface area contributed by atoms with Crippen LogP contribution >= 0.6 is 0 Å². The summed E-state index contributed by atoms with van der Waals surface area (Å²) in [5.74, 6) is 1.34. The summed E-state index contributed by atoms with van der Waals surface area (Å²) in [6, 6.07) is 9.33. The van der Waals surface area contributed by atoms with Crippen LogP contribution in [0.25, 0.3) is 11.4 Å². The summed E-state index contributed by atoms with van der Waals surface area (Å²) >= 11 is 0. The van der Waals surface area contributed by atoms with Crippen molar-refractivity contribution >= 4 is 0 Å². The Morgan fingerprint density at radius 3 is 2.26 bits per heavy atom. The lowest BCUT2D eigenvalue weighted by molar-refractivity contribution is 0.302. The maximum Gasteiger partial charge on any atom is 0.159 e. The molecule has 0 amide bonds. The molecule has 0 unspecified atom stereocenters. The lowest BCUT2D eigenvalue weighted by Gasteiger charge is -2.06. The molecule has 23 heavy (non-hydrogen) atoms. The normalized spacial score (nSPS) is 10.3. The number of hydrogen-bond donors (Lipinski definition) is 0. The van der Waals surface area contributed by atoms with E-state index in [2.05, 4.69) is 23.0 Å². The molecule has 0 saturated carbocycles. The van der Waals surface area contributed by atoms with Gasteiger partial charge in [0.1, 0.15) is 0 Å². The Bertz CT molecular complexity index is 615. The Balaban J connectivity index is 1.77. The fourth-order valence-corrected chi connectivity index (χ4v) is 2.31. The van der Waals surface area contributed by atoms with Crippen molar-refractivity contribution in [1.29, 1.82) is 5.26 Å². The SMILES string of the molecule is CCCCCCCCOc1cnc(-c2ccc(C#N)cc2)nc1. The predicted molar refractivity (Wildman–Crippen MR) is 91.1 cm³/mol. The zero-order valence-corrected chi connectivity index (χ0v) is 13.7. The highest BCUT2D eigenvalue weighted by molar-refractivity contribution is 5.56. The summed E-state index contributed by atoms with van der Waals surface area (Å²) in [6.45, 7) is 2.94. The summed E-state index contributed by atoms with van der Waals surface area (Å²) in [6.07, 6.45) is 10.9. The van der Waals surface area contributed by atoms with Crippen molar-refractivity contribution in [3.63, 3.8) is 0 Å². The standard InChI is InChI=1S/C19H23N3O/c1-2-3-4-5-6-7-12-23-18-14-21-19(22-15-18)17-10-8-16(13-20)9-11-17/h8-11,14-15H,2-7,12H2,1H3. The summed E-state index contributed by atoms with van der Waals surface area (Å²) < 4.78 is 5.67. The van der Waals surface area contributed by atoms with Crippen LogP contribution in [-0.4, -0.2) is 16.6 Å². The molecule has 1 aromatic heterocycles. The molecule has 0 fully saturated rings. The van der Waals surface area contributed by atoms with E-state index in [0.29, 0.717) is 23.7 Å². The smallest absolute Gasteiger partial charge is 0.159 e. The molecule has 1 heterocycles. The highest BCUT2D eigenvalue weighted by Crippen LogP contribution is 2.17. The number of nitrogens with zero attached hydrogens (tertiary/aromatic N) is 3. The second-order valence-electron chi connectivity index (χ2n) is 5.55. The molecule has 0 aliphatic heterocycles. The molecule has 0 saturated heterocycles. The summed E-state index contributed by atoms with van der Waals surface area (Å²) in [4.78, 5) is 8.65. The number of hydrogen-bond acceptors (Lipinski definition) is 4. The van der Waals surface area contributed by atoms with Crippen molar-refractivity contribution in [2.75, 3.05) is 6.61 Å². The molecule has 0 aliphatic rings. The first kappa shape index (κ1) is 17.0. The topological polar surface area (TPSA) is 58.8 Å². The Hall–Kier alpha value is -2.41. The summed E-state index contributed by atoms with van der Waals surface area (Å²) in [5.41, 5.74) is 1.53. The molecule has 0 bridgehead atoms. The van der Waals surface area contributed by atoms with Gasteiger partial charge in [0.2, 0.25) is 0 Å². The van der Waals surface area contributed by atoms with Gasteiger partial charge in [-0.1, -0.05) is 39.0 Å². The van der Waals surface area contributed by atoms with Gasteiger partial charge in [-0.15, -0.1) is 0 Å². The monoisotopic (exact) mass is 309 g/mol. The third-order valence-electron chi connectivity index (χ3n) is 3.67. The van der Waals surface area contributed by atoms with Crippen molar-refractivity contribution in [2.45, 2.75) is 45.4 Å². The number of aromatic nitrogens is 2. The van der Waals surface area contributed by atoms with Gasteiger partial charge in [0, 0.05) is 5.56 Å². The molecule has 120 valence electrons. The average Bonchev–Trinajstić information content (AvgIpc) is 2.61. The number of benzene rings is 1. The first-order valence-corrected chi connectivity index (χ1v) is 8.29. The Labute approximate surface area is 138 Å². The minimum absolute atomic E-state index is 0.632. The number of nitriles is 1. The minimum atomic E-state index is 0.632. The van der Waals surface area contributed by atoms with Gasteiger partial charge in [0.05, 0.1) is 30.6 Å². The van der Waals surface area contributed by atoms with Gasteiger partial charge in [0.25, 0.3) is 0 Å². The molecule has 4 nitrogen and oxygen atoms in total. The highest BCUT2D eigenvalue weighted by Gasteiger charge is 2.02. The van der Waals surface area contributed by atoms with E-state index >= 15 is 0 Å². The molecule has 4 heteroatoms. The number of unbranched alkanes of at least 4 members (excludes halogenated alkanes) is 5. The van der Waals surface area contributed by atoms with Crippen LogP contribution in [-0.2, 0) is 0 Å². The van der Waals surface area contributed by atoms with Crippen LogP contribution in [0.5, 0.6) is 5.75 Å². The predicted octanol–water partition coefficient (Wildman–Crippen LogP) is 4.75. The maximum absolute atomic E-state index is 8.80. The van der Waals surface area contributed by atoms with Gasteiger partial charge < -0.3 is 4.74 Å². The van der Waals surface area contributed by atoms with E-state index in [0.717, 1.165) is 12.0 Å². The zero-order chi connectivity index (χ0) is 16.3. The summed E-state index contributed by atoms with van der Waals surface area (Å²) in [5, 5.41) is 8.80. The van der Waals surface area contributed by atoms with E-state index in [4.69, 9.17) is 10.00 Å². The first-order valence-electron chi connectivity index (χ1n) is 8.29. The molecule has 2 aromatic rings. The van der Waals surface area contributed by atoms with Gasteiger partial charge >= 0.3 is 0 Å². The molecular formula is C19H23N3O. The van der Waals surface area contributed by atoms with E-state index in [1.807, 2.05) is 12.1 Å². The van der Waals surface area contributed by atoms with Crippen LogP contribution in [0.15, 0.2) is 36.7 Å². The zero-order valence-electron chi connectivity index (χ0n) is 13.7. The van der Waals surface area contributed by atoms with Crippen molar-refractivity contribution in [2.24, 2.45) is 0 Å². The van der Waals surface area contributed by atoms with Crippen LogP contribution in [0.4, 0.5) is 0 Å². The Kier molecular flexibility index (Phi) is 7.06. The fourth-order valence-electron chi connectivity index (χ4n) is 2.31. The average molecular weight is 309 g/mol. The third kappa shape index (κ3) is 5.71. The Morgan fingerprint density at radius 2 is 1.61 bits per heavy atom. The second-order valence-corrected chi connectivity index (χ2v) is 5.55. The van der Waals surface area contributed by atoms with Crippen LogP contribution in [0, 0.1) is 11.3 Å². The molecule has 0 aliphatic carbocycles. The molecule has 1 aromatic carbocycles. The van der Waals surface area contributed by atoms with Crippen LogP contribution in [0.1, 0.15) is 51.0 Å². The van der Waals surface area contributed by atoms with Crippen molar-refractivity contribution in [1.82, 2.24) is 9.97 Å². The molecule has 0 radical (unpaired) electrons. The van der Waals surface area contributed by atoms with E-state index in [1.54, 1.807) is 24.5 Å². The molecule has 0 spiro atoms. The molecule has 0 atom stereocenters. The van der Waals surface area contributed by atoms with Crippen LogP contribution < -0.4 is 4.74 Å². The lowest BCUT2D eigenvalue weighted by atomic mass is 10.1. The summed E-state index contributed by atoms with van der Waals surface area (Å²) in [7, 11) is 0. The van der Waals surface area contributed by atoms with Gasteiger partial charge in [-0.3, -0.25) is 0 Å². The van der Waals surface area contributed by atoms with Gasteiger partial charge in [-0.2, -0.15) is 5.26 Å². The van der Waals surface area contributed by atoms with Crippen LogP contribution in [0.2, 0.25) is 0 Å². The van der Waals surface area contributed by atoms with Crippen molar-refractivity contribution < 1.29 is 4.74 Å². The van der Waals surface area contributed by atoms with Gasteiger partial charge in [-0.05, 0) is 30.7 Å². The molecule has 2 rings (SSSR count). The van der Waals surface area contributed by atoms with E-state index in [9.17, 15) is 0 Å². The quantitative estimate of drug-likeness (QED) is 0.627. The number of ether oxygens (including phenoxy) is 1. The van der Waals surface area contributed by atoms with Gasteiger partial charge in [0.15, 0.2) is 11.6 Å². The van der Waals surface area contributed by atoms with Crippen LogP contribution in [0.3, 0.4) is 0 Å². The maximum atomic E-state index is 8.80. The fraction of sp³-hybridized carbons (Fsp3) is 0.421.